The fraction of sp³-hybridized carbons (Fsp3) is 0.385. The average Bonchev–Trinajstić information content (AvgIpc) is 2.42. The van der Waals surface area contributed by atoms with E-state index in [4.69, 9.17) is 20.3 Å². The first-order valence-corrected chi connectivity index (χ1v) is 5.93. The molecule has 3 N–H and O–H groups in total. The van der Waals surface area contributed by atoms with Crippen molar-refractivity contribution in [1.82, 2.24) is 4.90 Å². The number of nitrogens with zero attached hydrogens (tertiary/aromatic N) is 1. The second kappa shape index (κ2) is 7.34. The highest BCUT2D eigenvalue weighted by Crippen LogP contribution is 2.23. The molecule has 1 rings (SSSR count). The summed E-state index contributed by atoms with van der Waals surface area (Å²) in [5.74, 6) is -1.23. The molecule has 1 amide bonds. The van der Waals surface area contributed by atoms with Crippen LogP contribution in [0.3, 0.4) is 0 Å². The summed E-state index contributed by atoms with van der Waals surface area (Å²) in [6.45, 7) is 0.0151. The molecule has 1 aromatic rings. The fourth-order valence-corrected chi connectivity index (χ4v) is 1.67. The number of carboxylic acids is 1. The van der Waals surface area contributed by atoms with E-state index in [0.29, 0.717) is 11.4 Å². The third-order valence-electron chi connectivity index (χ3n) is 2.63. The van der Waals surface area contributed by atoms with Crippen molar-refractivity contribution in [3.8, 4) is 5.75 Å². The van der Waals surface area contributed by atoms with Gasteiger partial charge in [-0.25, -0.2) is 0 Å². The van der Waals surface area contributed by atoms with Crippen molar-refractivity contribution in [2.75, 3.05) is 39.6 Å². The first-order valence-electron chi connectivity index (χ1n) is 5.93. The summed E-state index contributed by atoms with van der Waals surface area (Å²) in [5, 5.41) is 8.86. The predicted molar refractivity (Wildman–Crippen MR) is 72.8 cm³/mol. The molecule has 0 aliphatic carbocycles. The molecule has 0 atom stereocenters. The van der Waals surface area contributed by atoms with Crippen molar-refractivity contribution < 1.29 is 24.2 Å². The van der Waals surface area contributed by atoms with Gasteiger partial charge >= 0.3 is 5.97 Å². The van der Waals surface area contributed by atoms with E-state index in [1.54, 1.807) is 6.07 Å². The molecule has 0 spiro atoms. The lowest BCUT2D eigenvalue weighted by molar-refractivity contribution is -0.137. The van der Waals surface area contributed by atoms with Crippen LogP contribution in [-0.4, -0.2) is 55.8 Å². The number of hydrogen-bond acceptors (Lipinski definition) is 5. The average molecular weight is 282 g/mol. The molecule has 0 bridgehead atoms. The SMILES string of the molecule is COCCN(CC(=O)O)C(=O)c1ccc(N)cc1OC. The number of carbonyl (C=O) groups is 2. The number of benzene rings is 1. The Bertz CT molecular complexity index is 490. The monoisotopic (exact) mass is 282 g/mol. The van der Waals surface area contributed by atoms with Crippen LogP contribution in [0.25, 0.3) is 0 Å². The van der Waals surface area contributed by atoms with E-state index in [0.717, 1.165) is 0 Å². The Labute approximate surface area is 116 Å². The van der Waals surface area contributed by atoms with Crippen molar-refractivity contribution in [3.05, 3.63) is 23.8 Å². The number of nitrogens with two attached hydrogens (primary N) is 1. The van der Waals surface area contributed by atoms with Crippen molar-refractivity contribution in [2.24, 2.45) is 0 Å². The minimum absolute atomic E-state index is 0.176. The van der Waals surface area contributed by atoms with Crippen LogP contribution in [-0.2, 0) is 9.53 Å². The standard InChI is InChI=1S/C13H18N2O5/c1-19-6-5-15(8-12(16)17)13(18)10-4-3-9(14)7-11(10)20-2/h3-4,7H,5-6,8,14H2,1-2H3,(H,16,17). The van der Waals surface area contributed by atoms with Crippen LogP contribution in [0.1, 0.15) is 10.4 Å². The number of hydrogen-bond donors (Lipinski definition) is 2. The molecule has 0 unspecified atom stereocenters. The summed E-state index contributed by atoms with van der Waals surface area (Å²) >= 11 is 0. The molecular formula is C13H18N2O5. The highest BCUT2D eigenvalue weighted by Gasteiger charge is 2.21. The maximum Gasteiger partial charge on any atom is 0.323 e. The molecule has 0 aliphatic rings. The fourth-order valence-electron chi connectivity index (χ4n) is 1.67. The van der Waals surface area contributed by atoms with Crippen LogP contribution < -0.4 is 10.5 Å². The maximum atomic E-state index is 12.4. The summed E-state index contributed by atoms with van der Waals surface area (Å²) < 4.78 is 9.98. The number of methoxy groups -OCH3 is 2. The van der Waals surface area contributed by atoms with Crippen molar-refractivity contribution in [3.63, 3.8) is 0 Å². The molecular weight excluding hydrogens is 264 g/mol. The Morgan fingerprint density at radius 1 is 1.35 bits per heavy atom. The third-order valence-corrected chi connectivity index (χ3v) is 2.63. The molecule has 0 saturated carbocycles. The summed E-state index contributed by atoms with van der Waals surface area (Å²) in [6, 6.07) is 4.59. The second-order valence-corrected chi connectivity index (χ2v) is 4.07. The minimum Gasteiger partial charge on any atom is -0.496 e. The van der Waals surface area contributed by atoms with Crippen molar-refractivity contribution >= 4 is 17.6 Å². The Morgan fingerprint density at radius 3 is 2.60 bits per heavy atom. The summed E-state index contributed by atoms with van der Waals surface area (Å²) in [6.07, 6.45) is 0. The van der Waals surface area contributed by atoms with Crippen LogP contribution in [0.15, 0.2) is 18.2 Å². The Kier molecular flexibility index (Phi) is 5.79. The number of nitrogen functional groups attached to an aromatic ring is 1. The van der Waals surface area contributed by atoms with Crippen LogP contribution in [0.4, 0.5) is 5.69 Å². The van der Waals surface area contributed by atoms with Gasteiger partial charge in [0.15, 0.2) is 0 Å². The quantitative estimate of drug-likeness (QED) is 0.704. The molecule has 7 nitrogen and oxygen atoms in total. The number of anilines is 1. The molecule has 0 aliphatic heterocycles. The molecule has 1 aromatic carbocycles. The van der Waals surface area contributed by atoms with E-state index in [-0.39, 0.29) is 18.7 Å². The largest absolute Gasteiger partial charge is 0.496 e. The third kappa shape index (κ3) is 4.13. The topological polar surface area (TPSA) is 102 Å². The van der Waals surface area contributed by atoms with Crippen LogP contribution in [0.2, 0.25) is 0 Å². The van der Waals surface area contributed by atoms with Gasteiger partial charge in [-0.15, -0.1) is 0 Å². The lowest BCUT2D eigenvalue weighted by Crippen LogP contribution is -2.38. The molecule has 110 valence electrons. The van der Waals surface area contributed by atoms with Gasteiger partial charge in [0.1, 0.15) is 12.3 Å². The first-order chi connectivity index (χ1) is 9.49. The van der Waals surface area contributed by atoms with Gasteiger partial charge < -0.3 is 25.2 Å². The van der Waals surface area contributed by atoms with Gasteiger partial charge in [-0.05, 0) is 12.1 Å². The van der Waals surface area contributed by atoms with Gasteiger partial charge in [0, 0.05) is 25.4 Å². The highest BCUT2D eigenvalue weighted by atomic mass is 16.5. The van der Waals surface area contributed by atoms with E-state index < -0.39 is 18.4 Å². The van der Waals surface area contributed by atoms with Gasteiger partial charge in [0.25, 0.3) is 5.91 Å². The molecule has 0 fully saturated rings. The molecule has 0 aromatic heterocycles. The number of ether oxygens (including phenoxy) is 2. The Balaban J connectivity index is 3.01. The van der Waals surface area contributed by atoms with Crippen LogP contribution in [0, 0.1) is 0 Å². The van der Waals surface area contributed by atoms with E-state index in [9.17, 15) is 9.59 Å². The number of carbonyl (C=O) groups excluding carboxylic acids is 1. The van der Waals surface area contributed by atoms with E-state index in [1.165, 1.54) is 31.3 Å². The zero-order valence-corrected chi connectivity index (χ0v) is 11.5. The van der Waals surface area contributed by atoms with Gasteiger partial charge in [-0.1, -0.05) is 0 Å². The number of aliphatic carboxylic acids is 1. The van der Waals surface area contributed by atoms with E-state index in [1.807, 2.05) is 0 Å². The van der Waals surface area contributed by atoms with Gasteiger partial charge in [0.2, 0.25) is 0 Å². The van der Waals surface area contributed by atoms with Gasteiger partial charge in [-0.3, -0.25) is 9.59 Å². The van der Waals surface area contributed by atoms with Crippen LogP contribution >= 0.6 is 0 Å². The normalized spacial score (nSPS) is 10.1. The molecule has 0 saturated heterocycles. The second-order valence-electron chi connectivity index (χ2n) is 4.07. The Morgan fingerprint density at radius 2 is 2.05 bits per heavy atom. The van der Waals surface area contributed by atoms with E-state index >= 15 is 0 Å². The van der Waals surface area contributed by atoms with Gasteiger partial charge in [0.05, 0.1) is 19.3 Å². The van der Waals surface area contributed by atoms with E-state index in [2.05, 4.69) is 0 Å². The summed E-state index contributed by atoms with van der Waals surface area (Å²) in [7, 11) is 2.90. The minimum atomic E-state index is -1.09. The zero-order chi connectivity index (χ0) is 15.1. The molecule has 0 radical (unpaired) electrons. The predicted octanol–water partition coefficient (Wildman–Crippen LogP) is 0.451. The Hall–Kier alpha value is -2.28. The van der Waals surface area contributed by atoms with Gasteiger partial charge in [-0.2, -0.15) is 0 Å². The lowest BCUT2D eigenvalue weighted by Gasteiger charge is -2.21. The number of amides is 1. The molecule has 7 heteroatoms. The highest BCUT2D eigenvalue weighted by molar-refractivity contribution is 5.98. The molecule has 0 heterocycles. The zero-order valence-electron chi connectivity index (χ0n) is 11.5. The smallest absolute Gasteiger partial charge is 0.323 e. The first kappa shape index (κ1) is 15.8. The summed E-state index contributed by atoms with van der Waals surface area (Å²) in [4.78, 5) is 24.4. The van der Waals surface area contributed by atoms with Crippen molar-refractivity contribution in [1.29, 1.82) is 0 Å². The maximum absolute atomic E-state index is 12.4. The number of carboxylic acid groups (broad SMARTS) is 1. The lowest BCUT2D eigenvalue weighted by atomic mass is 10.1. The number of rotatable bonds is 7. The van der Waals surface area contributed by atoms with Crippen molar-refractivity contribution in [2.45, 2.75) is 0 Å². The summed E-state index contributed by atoms with van der Waals surface area (Å²) in [5.41, 5.74) is 6.34. The molecule has 20 heavy (non-hydrogen) atoms. The van der Waals surface area contributed by atoms with Crippen LogP contribution in [0.5, 0.6) is 5.75 Å².